The third kappa shape index (κ3) is 3.96. The van der Waals surface area contributed by atoms with Crippen LogP contribution < -0.4 is 11.1 Å². The van der Waals surface area contributed by atoms with E-state index in [2.05, 4.69) is 5.32 Å². The first-order valence-corrected chi connectivity index (χ1v) is 6.41. The average molecular weight is 257 g/mol. The predicted molar refractivity (Wildman–Crippen MR) is 68.1 cm³/mol. The van der Waals surface area contributed by atoms with Crippen molar-refractivity contribution < 1.29 is 14.7 Å². The van der Waals surface area contributed by atoms with E-state index in [0.717, 1.165) is 25.9 Å². The van der Waals surface area contributed by atoms with Crippen molar-refractivity contribution in [1.82, 2.24) is 10.2 Å². The van der Waals surface area contributed by atoms with Gasteiger partial charge in [0, 0.05) is 12.1 Å². The fourth-order valence-corrected chi connectivity index (χ4v) is 2.42. The number of nitrogens with two attached hydrogens (primary N) is 1. The van der Waals surface area contributed by atoms with Gasteiger partial charge in [-0.1, -0.05) is 6.92 Å². The van der Waals surface area contributed by atoms with Crippen LogP contribution in [-0.4, -0.2) is 53.6 Å². The minimum Gasteiger partial charge on any atom is -0.481 e. The molecule has 0 saturated carbocycles. The van der Waals surface area contributed by atoms with Gasteiger partial charge in [-0.15, -0.1) is 0 Å². The van der Waals surface area contributed by atoms with Gasteiger partial charge in [-0.05, 0) is 32.9 Å². The summed E-state index contributed by atoms with van der Waals surface area (Å²) in [7, 11) is 0. The van der Waals surface area contributed by atoms with Crippen LogP contribution in [0.4, 0.5) is 0 Å². The third-order valence-corrected chi connectivity index (χ3v) is 3.75. The fourth-order valence-electron chi connectivity index (χ4n) is 2.42. The molecule has 6 nitrogen and oxygen atoms in total. The summed E-state index contributed by atoms with van der Waals surface area (Å²) < 4.78 is 0. The normalized spacial score (nSPS) is 20.6. The Morgan fingerprint density at radius 1 is 1.39 bits per heavy atom. The number of carboxylic acids is 1. The maximum Gasteiger partial charge on any atom is 0.307 e. The number of aliphatic carboxylic acids is 1. The molecule has 1 rings (SSSR count). The Morgan fingerprint density at radius 2 is 1.94 bits per heavy atom. The molecule has 1 saturated heterocycles. The molecule has 1 aliphatic heterocycles. The molecule has 0 aliphatic carbocycles. The van der Waals surface area contributed by atoms with E-state index >= 15 is 0 Å². The number of nitrogens with one attached hydrogen (secondary N) is 1. The minimum atomic E-state index is -0.842. The van der Waals surface area contributed by atoms with E-state index in [1.165, 1.54) is 0 Å². The first-order chi connectivity index (χ1) is 8.43. The fraction of sp³-hybridized carbons (Fsp3) is 0.833. The second kappa shape index (κ2) is 6.70. The Bertz CT molecular complexity index is 303. The summed E-state index contributed by atoms with van der Waals surface area (Å²) in [5.41, 5.74) is 5.27. The molecule has 0 aromatic carbocycles. The zero-order valence-corrected chi connectivity index (χ0v) is 11.1. The summed E-state index contributed by atoms with van der Waals surface area (Å²) in [6, 6.07) is 0.0358. The molecule has 6 heteroatoms. The number of hydrogen-bond acceptors (Lipinski definition) is 4. The molecule has 2 unspecified atom stereocenters. The van der Waals surface area contributed by atoms with E-state index in [0.29, 0.717) is 0 Å². The molecule has 0 radical (unpaired) electrons. The van der Waals surface area contributed by atoms with Crippen LogP contribution >= 0.6 is 0 Å². The second-order valence-electron chi connectivity index (χ2n) is 4.99. The highest BCUT2D eigenvalue weighted by atomic mass is 16.4. The van der Waals surface area contributed by atoms with Gasteiger partial charge in [-0.3, -0.25) is 14.5 Å². The van der Waals surface area contributed by atoms with Crippen molar-refractivity contribution in [2.45, 2.75) is 38.8 Å². The molecule has 1 fully saturated rings. The number of carbonyl (C=O) groups is 2. The number of rotatable bonds is 6. The van der Waals surface area contributed by atoms with Crippen LogP contribution in [0.25, 0.3) is 0 Å². The van der Waals surface area contributed by atoms with Crippen LogP contribution in [0.2, 0.25) is 0 Å². The van der Waals surface area contributed by atoms with Gasteiger partial charge < -0.3 is 16.2 Å². The molecular weight excluding hydrogens is 234 g/mol. The summed E-state index contributed by atoms with van der Waals surface area (Å²) in [5, 5.41) is 12.3. The van der Waals surface area contributed by atoms with Crippen molar-refractivity contribution in [3.05, 3.63) is 0 Å². The lowest BCUT2D eigenvalue weighted by Gasteiger charge is -2.39. The number of carbonyl (C=O) groups excluding carboxylic acids is 1. The van der Waals surface area contributed by atoms with Gasteiger partial charge in [0.25, 0.3) is 0 Å². The number of amides is 1. The quantitative estimate of drug-likeness (QED) is 0.603. The number of hydrogen-bond donors (Lipinski definition) is 3. The smallest absolute Gasteiger partial charge is 0.307 e. The molecule has 18 heavy (non-hydrogen) atoms. The highest BCUT2D eigenvalue weighted by Crippen LogP contribution is 2.19. The van der Waals surface area contributed by atoms with Gasteiger partial charge in [0.05, 0.1) is 12.5 Å². The number of nitrogens with zero attached hydrogens (tertiary/aromatic N) is 1. The summed E-state index contributed by atoms with van der Waals surface area (Å²) in [5.74, 6) is -1.76. The molecule has 1 heterocycles. The molecule has 0 aromatic rings. The zero-order valence-electron chi connectivity index (χ0n) is 11.1. The lowest BCUT2D eigenvalue weighted by atomic mass is 9.96. The molecule has 2 atom stereocenters. The number of carboxylic acid groups (broad SMARTS) is 1. The van der Waals surface area contributed by atoms with Gasteiger partial charge >= 0.3 is 5.97 Å². The molecule has 0 bridgehead atoms. The predicted octanol–water partition coefficient (Wildman–Crippen LogP) is -0.365. The second-order valence-corrected chi connectivity index (χ2v) is 4.99. The Labute approximate surface area is 108 Å². The molecule has 0 spiro atoms. The van der Waals surface area contributed by atoms with Crippen molar-refractivity contribution >= 4 is 11.9 Å². The molecule has 1 aliphatic rings. The Morgan fingerprint density at radius 3 is 2.39 bits per heavy atom. The van der Waals surface area contributed by atoms with Gasteiger partial charge in [-0.25, -0.2) is 0 Å². The molecule has 1 amide bonds. The average Bonchev–Trinajstić information content (AvgIpc) is 2.35. The van der Waals surface area contributed by atoms with Crippen molar-refractivity contribution in [3.8, 4) is 0 Å². The van der Waals surface area contributed by atoms with Crippen molar-refractivity contribution in [2.75, 3.05) is 19.6 Å². The summed E-state index contributed by atoms with van der Waals surface area (Å²) in [6.45, 7) is 5.44. The minimum absolute atomic E-state index is 0.128. The van der Waals surface area contributed by atoms with Crippen LogP contribution in [0.1, 0.15) is 26.7 Å². The van der Waals surface area contributed by atoms with E-state index < -0.39 is 17.8 Å². The largest absolute Gasteiger partial charge is 0.481 e. The van der Waals surface area contributed by atoms with Gasteiger partial charge in [0.2, 0.25) is 5.91 Å². The summed E-state index contributed by atoms with van der Waals surface area (Å²) >= 11 is 0. The lowest BCUT2D eigenvalue weighted by molar-refractivity contribution is -0.144. The van der Waals surface area contributed by atoms with Crippen LogP contribution in [-0.2, 0) is 9.59 Å². The SMILES string of the molecule is CC(C(=O)O)C(C)N(CC(N)=O)C1CCNCC1. The third-order valence-electron chi connectivity index (χ3n) is 3.75. The van der Waals surface area contributed by atoms with E-state index in [1.54, 1.807) is 6.92 Å². The van der Waals surface area contributed by atoms with Gasteiger partial charge in [-0.2, -0.15) is 0 Å². The van der Waals surface area contributed by atoms with Crippen LogP contribution in [0, 0.1) is 5.92 Å². The molecule has 4 N–H and O–H groups in total. The van der Waals surface area contributed by atoms with E-state index in [9.17, 15) is 9.59 Å². The van der Waals surface area contributed by atoms with Gasteiger partial charge in [0.1, 0.15) is 0 Å². The monoisotopic (exact) mass is 257 g/mol. The van der Waals surface area contributed by atoms with Crippen molar-refractivity contribution in [2.24, 2.45) is 11.7 Å². The van der Waals surface area contributed by atoms with Crippen LogP contribution in [0.5, 0.6) is 0 Å². The molecule has 104 valence electrons. The molecule has 0 aromatic heterocycles. The zero-order chi connectivity index (χ0) is 13.7. The maximum atomic E-state index is 11.2. The highest BCUT2D eigenvalue weighted by molar-refractivity contribution is 5.76. The topological polar surface area (TPSA) is 95.7 Å². The molecular formula is C12H23N3O3. The first-order valence-electron chi connectivity index (χ1n) is 6.41. The van der Waals surface area contributed by atoms with E-state index in [4.69, 9.17) is 10.8 Å². The number of primary amides is 1. The lowest BCUT2D eigenvalue weighted by Crippen LogP contribution is -2.53. The first kappa shape index (κ1) is 14.9. The Balaban J connectivity index is 2.75. The summed E-state index contributed by atoms with van der Waals surface area (Å²) in [6.07, 6.45) is 1.84. The number of piperidine rings is 1. The standard InChI is InChI=1S/C12H23N3O3/c1-8(12(17)18)9(2)15(7-11(13)16)10-3-5-14-6-4-10/h8-10,14H,3-7H2,1-2H3,(H2,13,16)(H,17,18). The van der Waals surface area contributed by atoms with Crippen LogP contribution in [0.3, 0.4) is 0 Å². The Kier molecular flexibility index (Phi) is 5.55. The van der Waals surface area contributed by atoms with Gasteiger partial charge in [0.15, 0.2) is 0 Å². The van der Waals surface area contributed by atoms with Crippen LogP contribution in [0.15, 0.2) is 0 Å². The van der Waals surface area contributed by atoms with E-state index in [-0.39, 0.29) is 18.6 Å². The van der Waals surface area contributed by atoms with E-state index in [1.807, 2.05) is 11.8 Å². The highest BCUT2D eigenvalue weighted by Gasteiger charge is 2.31. The van der Waals surface area contributed by atoms with Crippen molar-refractivity contribution in [1.29, 1.82) is 0 Å². The maximum absolute atomic E-state index is 11.2. The Hall–Kier alpha value is -1.14. The summed E-state index contributed by atoms with van der Waals surface area (Å²) in [4.78, 5) is 24.2. The van der Waals surface area contributed by atoms with Crippen molar-refractivity contribution in [3.63, 3.8) is 0 Å².